The molecule has 0 radical (unpaired) electrons. The van der Waals surface area contributed by atoms with Crippen molar-refractivity contribution in [2.45, 2.75) is 167 Å². The van der Waals surface area contributed by atoms with E-state index in [4.69, 9.17) is 18.9 Å². The van der Waals surface area contributed by atoms with Crippen molar-refractivity contribution < 1.29 is 33.6 Å². The lowest BCUT2D eigenvalue weighted by atomic mass is 9.79. The van der Waals surface area contributed by atoms with Gasteiger partial charge in [-0.1, -0.05) is 27.7 Å². The molecule has 47 heavy (non-hydrogen) atoms. The molecule has 0 saturated carbocycles. The first kappa shape index (κ1) is 40.3. The van der Waals surface area contributed by atoms with Crippen LogP contribution in [0.4, 0.5) is 0 Å². The number of aliphatic hydroxyl groups is 1. The monoisotopic (exact) mass is 668 g/mol. The lowest BCUT2D eigenvalue weighted by molar-refractivity contribution is -0.295. The number of carbonyl (C=O) groups is 2. The highest BCUT2D eigenvalue weighted by Crippen LogP contribution is 2.42. The second kappa shape index (κ2) is 17.7. The van der Waals surface area contributed by atoms with Gasteiger partial charge in [0.15, 0.2) is 6.29 Å². The summed E-state index contributed by atoms with van der Waals surface area (Å²) in [4.78, 5) is 32.6. The molecule has 0 spiro atoms. The number of nitrogens with zero attached hydrogens (tertiary/aromatic N) is 3. The summed E-state index contributed by atoms with van der Waals surface area (Å²) < 4.78 is 24.9. The molecule has 0 aliphatic carbocycles. The lowest BCUT2D eigenvalue weighted by Crippen LogP contribution is -2.59. The molecule has 2 unspecified atom stereocenters. The Hall–Kier alpha value is -1.14. The van der Waals surface area contributed by atoms with Gasteiger partial charge in [-0.25, -0.2) is 0 Å². The third kappa shape index (κ3) is 9.98. The zero-order valence-corrected chi connectivity index (χ0v) is 31.7. The van der Waals surface area contributed by atoms with Gasteiger partial charge in [-0.3, -0.25) is 19.4 Å². The Morgan fingerprint density at radius 2 is 1.64 bits per heavy atom. The molecule has 0 amide bonds. The van der Waals surface area contributed by atoms with E-state index in [0.717, 1.165) is 19.4 Å². The largest absolute Gasteiger partial charge is 0.464 e. The van der Waals surface area contributed by atoms with E-state index in [1.54, 1.807) is 7.11 Å². The lowest BCUT2D eigenvalue weighted by Gasteiger charge is -2.47. The van der Waals surface area contributed by atoms with Crippen LogP contribution in [-0.4, -0.2) is 133 Å². The van der Waals surface area contributed by atoms with E-state index >= 15 is 0 Å². The van der Waals surface area contributed by atoms with Crippen molar-refractivity contribution in [1.82, 2.24) is 14.7 Å². The Morgan fingerprint density at radius 1 is 1.02 bits per heavy atom. The number of aliphatic hydroxyl groups excluding tert-OH is 1. The molecule has 3 rings (SSSR count). The molecule has 3 aliphatic heterocycles. The van der Waals surface area contributed by atoms with E-state index in [-0.39, 0.29) is 35.9 Å². The van der Waals surface area contributed by atoms with Crippen molar-refractivity contribution in [2.24, 2.45) is 17.8 Å². The van der Waals surface area contributed by atoms with Gasteiger partial charge in [-0.15, -0.1) is 0 Å². The van der Waals surface area contributed by atoms with E-state index < -0.39 is 30.0 Å². The Morgan fingerprint density at radius 3 is 2.15 bits per heavy atom. The minimum atomic E-state index is -0.875. The molecule has 3 saturated heterocycles. The van der Waals surface area contributed by atoms with Gasteiger partial charge in [0.1, 0.15) is 18.5 Å². The molecular formula is C37H69N3O7. The maximum absolute atomic E-state index is 13.2. The predicted molar refractivity (Wildman–Crippen MR) is 185 cm³/mol. The van der Waals surface area contributed by atoms with Crippen molar-refractivity contribution >= 4 is 11.8 Å². The first-order chi connectivity index (χ1) is 22.1. The second-order valence-electron chi connectivity index (χ2n) is 15.8. The van der Waals surface area contributed by atoms with Crippen LogP contribution in [0.15, 0.2) is 0 Å². The minimum Gasteiger partial charge on any atom is -0.464 e. The van der Waals surface area contributed by atoms with Crippen molar-refractivity contribution in [2.75, 3.05) is 41.4 Å². The molecule has 10 nitrogen and oxygen atoms in total. The fourth-order valence-corrected chi connectivity index (χ4v) is 9.10. The molecule has 3 aliphatic rings. The summed E-state index contributed by atoms with van der Waals surface area (Å²) in [6.07, 6.45) is 4.37. The summed E-state index contributed by atoms with van der Waals surface area (Å²) in [5.41, 5.74) is -0.826. The first-order valence-corrected chi connectivity index (χ1v) is 18.4. The number of esters is 1. The Kier molecular flexibility index (Phi) is 15.2. The van der Waals surface area contributed by atoms with E-state index in [2.05, 4.69) is 37.6 Å². The number of carbonyl (C=O) groups excluding carboxylic acids is 2. The molecule has 2 bridgehead atoms. The molecule has 3 heterocycles. The van der Waals surface area contributed by atoms with E-state index in [1.165, 1.54) is 12.8 Å². The van der Waals surface area contributed by atoms with Crippen LogP contribution in [0, 0.1) is 17.8 Å². The number of piperidine rings is 1. The highest BCUT2D eigenvalue weighted by Gasteiger charge is 2.48. The van der Waals surface area contributed by atoms with Crippen LogP contribution in [0.25, 0.3) is 0 Å². The Balaban J connectivity index is 1.80. The number of hydrogen-bond donors (Lipinski definition) is 1. The average molecular weight is 668 g/mol. The topological polar surface area (TPSA) is 101 Å². The van der Waals surface area contributed by atoms with Gasteiger partial charge in [-0.05, 0) is 99.2 Å². The van der Waals surface area contributed by atoms with Crippen LogP contribution >= 0.6 is 0 Å². The number of rotatable bonds is 18. The normalized spacial score (nSPS) is 32.3. The summed E-state index contributed by atoms with van der Waals surface area (Å²) >= 11 is 0. The molecule has 0 aromatic rings. The van der Waals surface area contributed by atoms with Crippen molar-refractivity contribution in [3.05, 3.63) is 0 Å². The highest BCUT2D eigenvalue weighted by atomic mass is 16.7. The Bertz CT molecular complexity index is 983. The van der Waals surface area contributed by atoms with Gasteiger partial charge in [0.05, 0.1) is 17.8 Å². The third-order valence-corrected chi connectivity index (χ3v) is 11.5. The number of fused-ring (bicyclic) bond motifs is 2. The van der Waals surface area contributed by atoms with Gasteiger partial charge in [0, 0.05) is 62.6 Å². The van der Waals surface area contributed by atoms with E-state index in [0.29, 0.717) is 56.3 Å². The predicted octanol–water partition coefficient (Wildman–Crippen LogP) is 4.75. The minimum absolute atomic E-state index is 0.0886. The first-order valence-electron chi connectivity index (χ1n) is 18.4. The smallest absolute Gasteiger partial charge is 0.305 e. The molecule has 3 fully saturated rings. The van der Waals surface area contributed by atoms with Crippen LogP contribution < -0.4 is 0 Å². The number of hydrogen-bond acceptors (Lipinski definition) is 10. The summed E-state index contributed by atoms with van der Waals surface area (Å²) in [6.45, 7) is 17.6. The molecule has 10 heteroatoms. The molecular weight excluding hydrogens is 598 g/mol. The molecule has 0 aromatic heterocycles. The fraction of sp³-hybridized carbons (Fsp3) is 0.946. The molecule has 1 N–H and O–H groups in total. The van der Waals surface area contributed by atoms with Crippen molar-refractivity contribution in [3.8, 4) is 0 Å². The zero-order chi connectivity index (χ0) is 35.2. The number of likely N-dealkylation sites (N-methyl/N-ethyl adjacent to an activating group) is 2. The highest BCUT2D eigenvalue weighted by molar-refractivity contribution is 5.81. The van der Waals surface area contributed by atoms with Crippen LogP contribution in [0.5, 0.6) is 0 Å². The number of ether oxygens (including phenoxy) is 4. The van der Waals surface area contributed by atoms with E-state index in [1.807, 2.05) is 53.6 Å². The van der Waals surface area contributed by atoms with Gasteiger partial charge in [-0.2, -0.15) is 0 Å². The maximum atomic E-state index is 13.2. The SMILES string of the molecule is CCC(=O)OC[C@@H](C1C[C@H]2CC[C@@H](C1)N2C(C)C)N(C)C[C@H](C)CC(C)(OC)[C@H](O[C@@H]1O[C@H](C)C[C@H](N(C)C)[C@H]1O)[C@@H](C)C(=O)CC. The van der Waals surface area contributed by atoms with Gasteiger partial charge >= 0.3 is 5.97 Å². The summed E-state index contributed by atoms with van der Waals surface area (Å²) in [5.74, 6) is 0.100. The Labute approximate surface area is 286 Å². The number of ketones is 1. The van der Waals surface area contributed by atoms with Crippen LogP contribution in [0.2, 0.25) is 0 Å². The maximum Gasteiger partial charge on any atom is 0.305 e. The summed E-state index contributed by atoms with van der Waals surface area (Å²) in [7, 11) is 7.75. The van der Waals surface area contributed by atoms with Gasteiger partial charge < -0.3 is 29.0 Å². The van der Waals surface area contributed by atoms with Gasteiger partial charge in [0.2, 0.25) is 0 Å². The third-order valence-electron chi connectivity index (χ3n) is 11.5. The zero-order valence-electron chi connectivity index (χ0n) is 31.7. The van der Waals surface area contributed by atoms with Crippen LogP contribution in [0.3, 0.4) is 0 Å². The van der Waals surface area contributed by atoms with Gasteiger partial charge in [0.25, 0.3) is 0 Å². The number of methoxy groups -OCH3 is 1. The number of Topliss-reactive ketones (excluding diaryl/α,β-unsaturated/α-hetero) is 1. The molecule has 274 valence electrons. The summed E-state index contributed by atoms with van der Waals surface area (Å²) in [6, 6.07) is 1.73. The van der Waals surface area contributed by atoms with Crippen LogP contribution in [-0.2, 0) is 28.5 Å². The quantitative estimate of drug-likeness (QED) is 0.206. The summed E-state index contributed by atoms with van der Waals surface area (Å²) in [5, 5.41) is 11.3. The fourth-order valence-electron chi connectivity index (χ4n) is 9.10. The standard InChI is InChI=1S/C37H69N3O7/c1-13-32(41)26(7)35(47-36-34(43)30(38(9)10)17-25(6)46-36)37(8,44-12)20-24(5)21-39(11)31(22-45-33(42)14-2)27-18-28-15-16-29(19-27)40(28)23(3)4/h23-31,34-36,43H,13-22H2,1-12H3/t24-,25-,26+,27?,28-,29+,30+,31+,34-,35-,36+,37?/m1/s1. The van der Waals surface area contributed by atoms with Crippen molar-refractivity contribution in [1.29, 1.82) is 0 Å². The molecule has 12 atom stereocenters. The van der Waals surface area contributed by atoms with Crippen LogP contribution in [0.1, 0.15) is 107 Å². The van der Waals surface area contributed by atoms with E-state index in [9.17, 15) is 14.7 Å². The average Bonchev–Trinajstić information content (AvgIpc) is 3.29. The second-order valence-corrected chi connectivity index (χ2v) is 15.8. The molecule has 0 aromatic carbocycles. The van der Waals surface area contributed by atoms with Crippen molar-refractivity contribution in [3.63, 3.8) is 0 Å².